The summed E-state index contributed by atoms with van der Waals surface area (Å²) >= 11 is 0. The normalized spacial score (nSPS) is 30.0. The smallest absolute Gasteiger partial charge is 0.00175 e. The Labute approximate surface area is 63.2 Å². The molecule has 0 amide bonds. The van der Waals surface area contributed by atoms with Gasteiger partial charge in [-0.2, -0.15) is 0 Å². The topological polar surface area (TPSA) is 38.0 Å². The standard InChI is InChI=1S/C8H18N2/c1-7(5-9)8-3-2-4-10-6-8/h7-8,10H,2-6,9H2,1H3. The van der Waals surface area contributed by atoms with Gasteiger partial charge in [-0.15, -0.1) is 0 Å². The van der Waals surface area contributed by atoms with Gasteiger partial charge >= 0.3 is 0 Å². The highest BCUT2D eigenvalue weighted by Gasteiger charge is 2.17. The maximum atomic E-state index is 5.58. The molecule has 60 valence electrons. The van der Waals surface area contributed by atoms with Gasteiger partial charge in [0.15, 0.2) is 0 Å². The molecule has 0 radical (unpaired) electrons. The fraction of sp³-hybridized carbons (Fsp3) is 1.00. The summed E-state index contributed by atoms with van der Waals surface area (Å²) in [5, 5.41) is 3.39. The summed E-state index contributed by atoms with van der Waals surface area (Å²) in [5.41, 5.74) is 5.58. The summed E-state index contributed by atoms with van der Waals surface area (Å²) in [6, 6.07) is 0. The van der Waals surface area contributed by atoms with Gasteiger partial charge in [-0.3, -0.25) is 0 Å². The molecule has 10 heavy (non-hydrogen) atoms. The molecule has 0 bridgehead atoms. The average Bonchev–Trinajstić information content (AvgIpc) is 2.05. The Bertz CT molecular complexity index is 87.3. The summed E-state index contributed by atoms with van der Waals surface area (Å²) in [7, 11) is 0. The van der Waals surface area contributed by atoms with E-state index in [1.54, 1.807) is 0 Å². The predicted octanol–water partition coefficient (Wildman–Crippen LogP) is 0.581. The minimum atomic E-state index is 0.702. The maximum absolute atomic E-state index is 5.58. The molecule has 0 aliphatic carbocycles. The van der Waals surface area contributed by atoms with E-state index in [-0.39, 0.29) is 0 Å². The molecule has 1 aliphatic rings. The fourth-order valence-corrected chi connectivity index (χ4v) is 1.56. The van der Waals surface area contributed by atoms with Crippen LogP contribution in [0.5, 0.6) is 0 Å². The van der Waals surface area contributed by atoms with Crippen LogP contribution in [-0.4, -0.2) is 19.6 Å². The van der Waals surface area contributed by atoms with Crippen molar-refractivity contribution in [1.82, 2.24) is 5.32 Å². The molecule has 0 aromatic rings. The largest absolute Gasteiger partial charge is 0.330 e. The van der Waals surface area contributed by atoms with Crippen molar-refractivity contribution in [2.24, 2.45) is 17.6 Å². The van der Waals surface area contributed by atoms with Crippen LogP contribution in [0.3, 0.4) is 0 Å². The Balaban J connectivity index is 2.24. The molecule has 0 saturated carbocycles. The molecule has 1 saturated heterocycles. The van der Waals surface area contributed by atoms with Crippen molar-refractivity contribution in [2.75, 3.05) is 19.6 Å². The highest BCUT2D eigenvalue weighted by Crippen LogP contribution is 2.18. The second-order valence-corrected chi connectivity index (χ2v) is 3.32. The molecular weight excluding hydrogens is 124 g/mol. The van der Waals surface area contributed by atoms with E-state index in [0.717, 1.165) is 12.5 Å². The molecule has 3 N–H and O–H groups in total. The number of nitrogens with two attached hydrogens (primary N) is 1. The number of rotatable bonds is 2. The van der Waals surface area contributed by atoms with Gasteiger partial charge in [0.1, 0.15) is 0 Å². The van der Waals surface area contributed by atoms with Crippen LogP contribution >= 0.6 is 0 Å². The molecule has 2 unspecified atom stereocenters. The first-order chi connectivity index (χ1) is 4.84. The van der Waals surface area contributed by atoms with Crippen molar-refractivity contribution < 1.29 is 0 Å². The number of hydrogen-bond donors (Lipinski definition) is 2. The minimum absolute atomic E-state index is 0.702. The first-order valence-electron chi connectivity index (χ1n) is 4.25. The molecule has 1 rings (SSSR count). The minimum Gasteiger partial charge on any atom is -0.330 e. The van der Waals surface area contributed by atoms with Gasteiger partial charge in [0, 0.05) is 0 Å². The van der Waals surface area contributed by atoms with Gasteiger partial charge in [0.2, 0.25) is 0 Å². The second-order valence-electron chi connectivity index (χ2n) is 3.32. The van der Waals surface area contributed by atoms with E-state index in [0.29, 0.717) is 5.92 Å². The zero-order valence-corrected chi connectivity index (χ0v) is 6.77. The van der Waals surface area contributed by atoms with Gasteiger partial charge in [0.05, 0.1) is 0 Å². The lowest BCUT2D eigenvalue weighted by atomic mass is 9.88. The van der Waals surface area contributed by atoms with Crippen LogP contribution < -0.4 is 11.1 Å². The quantitative estimate of drug-likeness (QED) is 0.592. The Morgan fingerprint density at radius 1 is 1.70 bits per heavy atom. The molecule has 0 aromatic heterocycles. The van der Waals surface area contributed by atoms with Crippen molar-refractivity contribution in [2.45, 2.75) is 19.8 Å². The van der Waals surface area contributed by atoms with E-state index >= 15 is 0 Å². The van der Waals surface area contributed by atoms with Gasteiger partial charge < -0.3 is 11.1 Å². The summed E-state index contributed by atoms with van der Waals surface area (Å²) in [6.07, 6.45) is 2.69. The summed E-state index contributed by atoms with van der Waals surface area (Å²) in [4.78, 5) is 0. The van der Waals surface area contributed by atoms with Crippen LogP contribution in [0.2, 0.25) is 0 Å². The highest BCUT2D eigenvalue weighted by atomic mass is 14.9. The molecule has 1 heterocycles. The van der Waals surface area contributed by atoms with Crippen molar-refractivity contribution in [3.8, 4) is 0 Å². The third kappa shape index (κ3) is 1.96. The van der Waals surface area contributed by atoms with Crippen LogP contribution in [0.4, 0.5) is 0 Å². The third-order valence-corrected chi connectivity index (χ3v) is 2.51. The van der Waals surface area contributed by atoms with Crippen molar-refractivity contribution >= 4 is 0 Å². The zero-order chi connectivity index (χ0) is 7.40. The average molecular weight is 142 g/mol. The van der Waals surface area contributed by atoms with E-state index in [1.807, 2.05) is 0 Å². The van der Waals surface area contributed by atoms with Crippen molar-refractivity contribution in [3.63, 3.8) is 0 Å². The summed E-state index contributed by atoms with van der Waals surface area (Å²) < 4.78 is 0. The molecule has 2 atom stereocenters. The van der Waals surface area contributed by atoms with Crippen LogP contribution in [0.25, 0.3) is 0 Å². The van der Waals surface area contributed by atoms with Crippen LogP contribution in [0, 0.1) is 11.8 Å². The van der Waals surface area contributed by atoms with E-state index in [1.165, 1.54) is 25.9 Å². The molecule has 1 fully saturated rings. The highest BCUT2D eigenvalue weighted by molar-refractivity contribution is 4.73. The maximum Gasteiger partial charge on any atom is -0.00175 e. The molecular formula is C8H18N2. The lowest BCUT2D eigenvalue weighted by Crippen LogP contribution is -2.35. The molecule has 0 spiro atoms. The Kier molecular flexibility index (Phi) is 3.16. The Hall–Kier alpha value is -0.0800. The van der Waals surface area contributed by atoms with Gasteiger partial charge in [-0.1, -0.05) is 6.92 Å². The summed E-state index contributed by atoms with van der Waals surface area (Å²) in [6.45, 7) is 5.47. The van der Waals surface area contributed by atoms with Crippen LogP contribution in [-0.2, 0) is 0 Å². The molecule has 1 aliphatic heterocycles. The van der Waals surface area contributed by atoms with Gasteiger partial charge in [0.25, 0.3) is 0 Å². The van der Waals surface area contributed by atoms with Crippen LogP contribution in [0.15, 0.2) is 0 Å². The fourth-order valence-electron chi connectivity index (χ4n) is 1.56. The van der Waals surface area contributed by atoms with Crippen molar-refractivity contribution in [1.29, 1.82) is 0 Å². The number of piperidine rings is 1. The number of hydrogen-bond acceptors (Lipinski definition) is 2. The SMILES string of the molecule is CC(CN)C1CCCNC1. The monoisotopic (exact) mass is 142 g/mol. The predicted molar refractivity (Wildman–Crippen MR) is 43.8 cm³/mol. The Morgan fingerprint density at radius 3 is 3.00 bits per heavy atom. The van der Waals surface area contributed by atoms with Crippen LogP contribution in [0.1, 0.15) is 19.8 Å². The van der Waals surface area contributed by atoms with Gasteiger partial charge in [-0.25, -0.2) is 0 Å². The van der Waals surface area contributed by atoms with E-state index in [9.17, 15) is 0 Å². The van der Waals surface area contributed by atoms with Crippen molar-refractivity contribution in [3.05, 3.63) is 0 Å². The summed E-state index contributed by atoms with van der Waals surface area (Å²) in [5.74, 6) is 1.53. The molecule has 2 heteroatoms. The van der Waals surface area contributed by atoms with E-state index in [4.69, 9.17) is 5.73 Å². The zero-order valence-electron chi connectivity index (χ0n) is 6.77. The van der Waals surface area contributed by atoms with Gasteiger partial charge in [-0.05, 0) is 44.3 Å². The number of nitrogens with one attached hydrogen (secondary N) is 1. The molecule has 0 aromatic carbocycles. The second kappa shape index (κ2) is 3.94. The first-order valence-corrected chi connectivity index (χ1v) is 4.25. The van der Waals surface area contributed by atoms with E-state index < -0.39 is 0 Å². The van der Waals surface area contributed by atoms with E-state index in [2.05, 4.69) is 12.2 Å². The first kappa shape index (κ1) is 8.02. The third-order valence-electron chi connectivity index (χ3n) is 2.51. The Morgan fingerprint density at radius 2 is 2.50 bits per heavy atom. The lowest BCUT2D eigenvalue weighted by molar-refractivity contribution is 0.285. The lowest BCUT2D eigenvalue weighted by Gasteiger charge is -2.27. The molecule has 2 nitrogen and oxygen atoms in total.